The van der Waals surface area contributed by atoms with Gasteiger partial charge in [-0.3, -0.25) is 0 Å². The van der Waals surface area contributed by atoms with Crippen molar-refractivity contribution >= 4 is 17.3 Å². The summed E-state index contributed by atoms with van der Waals surface area (Å²) in [5, 5.41) is 4.45. The molecular formula is C13H25N3S. The summed E-state index contributed by atoms with van der Waals surface area (Å²) in [7, 11) is 4.34. The average Bonchev–Trinajstić information content (AvgIpc) is 2.91. The van der Waals surface area contributed by atoms with Gasteiger partial charge in [0.15, 0.2) is 5.11 Å². The van der Waals surface area contributed by atoms with E-state index in [-0.39, 0.29) is 0 Å². The van der Waals surface area contributed by atoms with Crippen molar-refractivity contribution in [3.05, 3.63) is 0 Å². The van der Waals surface area contributed by atoms with E-state index in [1.165, 1.54) is 45.1 Å². The summed E-state index contributed by atoms with van der Waals surface area (Å²) >= 11 is 5.48. The van der Waals surface area contributed by atoms with Crippen LogP contribution >= 0.6 is 12.2 Å². The summed E-state index contributed by atoms with van der Waals surface area (Å²) in [5.74, 6) is 0. The lowest BCUT2D eigenvalue weighted by Crippen LogP contribution is -2.46. The summed E-state index contributed by atoms with van der Waals surface area (Å²) < 4.78 is 0. The first-order valence-electron chi connectivity index (χ1n) is 6.88. The van der Waals surface area contributed by atoms with E-state index in [2.05, 4.69) is 29.2 Å². The van der Waals surface area contributed by atoms with Crippen LogP contribution in [0.1, 0.15) is 38.5 Å². The zero-order chi connectivity index (χ0) is 12.3. The number of hydrogen-bond donors (Lipinski definition) is 1. The van der Waals surface area contributed by atoms with E-state index in [4.69, 9.17) is 12.2 Å². The van der Waals surface area contributed by atoms with E-state index < -0.39 is 0 Å². The molecule has 2 fully saturated rings. The second kappa shape index (κ2) is 6.01. The van der Waals surface area contributed by atoms with E-state index in [0.29, 0.717) is 12.1 Å². The molecule has 1 atom stereocenters. The van der Waals surface area contributed by atoms with Gasteiger partial charge in [-0.15, -0.1) is 0 Å². The van der Waals surface area contributed by atoms with Gasteiger partial charge >= 0.3 is 0 Å². The first-order valence-corrected chi connectivity index (χ1v) is 7.29. The summed E-state index contributed by atoms with van der Waals surface area (Å²) in [6, 6.07) is 1.31. The van der Waals surface area contributed by atoms with Crippen molar-refractivity contribution in [2.75, 3.05) is 27.2 Å². The molecule has 0 aromatic heterocycles. The van der Waals surface area contributed by atoms with E-state index in [0.717, 1.165) is 11.7 Å². The van der Waals surface area contributed by atoms with Gasteiger partial charge in [-0.05, 0) is 51.5 Å². The monoisotopic (exact) mass is 255 g/mol. The average molecular weight is 255 g/mol. The van der Waals surface area contributed by atoms with Crippen molar-refractivity contribution in [3.8, 4) is 0 Å². The number of likely N-dealkylation sites (tertiary alicyclic amines) is 1. The minimum atomic E-state index is 0.631. The SMILES string of the molecule is CN(CC1CCCN1C)C(=S)NC1CCCC1. The third-order valence-corrected chi connectivity index (χ3v) is 4.62. The van der Waals surface area contributed by atoms with Gasteiger partial charge in [0.1, 0.15) is 0 Å². The van der Waals surface area contributed by atoms with Gasteiger partial charge < -0.3 is 15.1 Å². The predicted molar refractivity (Wildman–Crippen MR) is 76.3 cm³/mol. The minimum Gasteiger partial charge on any atom is -0.360 e. The molecule has 1 aliphatic carbocycles. The molecular weight excluding hydrogens is 230 g/mol. The molecule has 0 spiro atoms. The summed E-state index contributed by atoms with van der Waals surface area (Å²) in [6.45, 7) is 2.30. The highest BCUT2D eigenvalue weighted by Gasteiger charge is 2.24. The molecule has 4 heteroatoms. The highest BCUT2D eigenvalue weighted by atomic mass is 32.1. The number of nitrogens with zero attached hydrogens (tertiary/aromatic N) is 2. The fourth-order valence-corrected chi connectivity index (χ4v) is 3.21. The normalized spacial score (nSPS) is 26.4. The summed E-state index contributed by atoms with van der Waals surface area (Å²) in [5.41, 5.74) is 0. The Morgan fingerprint density at radius 2 is 2.00 bits per heavy atom. The number of hydrogen-bond acceptors (Lipinski definition) is 2. The van der Waals surface area contributed by atoms with Crippen LogP contribution in [0.25, 0.3) is 0 Å². The molecule has 1 saturated carbocycles. The van der Waals surface area contributed by atoms with Crippen LogP contribution in [0.2, 0.25) is 0 Å². The highest BCUT2D eigenvalue weighted by Crippen LogP contribution is 2.18. The third-order valence-electron chi connectivity index (χ3n) is 4.19. The van der Waals surface area contributed by atoms with Crippen LogP contribution in [0.3, 0.4) is 0 Å². The van der Waals surface area contributed by atoms with Gasteiger partial charge in [0, 0.05) is 25.7 Å². The summed E-state index contributed by atoms with van der Waals surface area (Å²) in [4.78, 5) is 4.68. The van der Waals surface area contributed by atoms with Crippen molar-refractivity contribution in [1.29, 1.82) is 0 Å². The van der Waals surface area contributed by atoms with E-state index in [9.17, 15) is 0 Å². The van der Waals surface area contributed by atoms with Gasteiger partial charge in [-0.2, -0.15) is 0 Å². The maximum atomic E-state index is 5.48. The molecule has 0 amide bonds. The zero-order valence-corrected chi connectivity index (χ0v) is 11.9. The minimum absolute atomic E-state index is 0.631. The highest BCUT2D eigenvalue weighted by molar-refractivity contribution is 7.80. The van der Waals surface area contributed by atoms with Crippen molar-refractivity contribution in [3.63, 3.8) is 0 Å². The molecule has 0 bridgehead atoms. The molecule has 2 rings (SSSR count). The molecule has 0 aromatic carbocycles. The molecule has 3 nitrogen and oxygen atoms in total. The Hall–Kier alpha value is -0.350. The molecule has 1 aliphatic heterocycles. The predicted octanol–water partition coefficient (Wildman–Crippen LogP) is 1.83. The molecule has 2 aliphatic rings. The van der Waals surface area contributed by atoms with Crippen molar-refractivity contribution in [1.82, 2.24) is 15.1 Å². The lowest BCUT2D eigenvalue weighted by molar-refractivity contribution is 0.265. The molecule has 17 heavy (non-hydrogen) atoms. The third kappa shape index (κ3) is 3.55. The lowest BCUT2D eigenvalue weighted by atomic mass is 10.2. The maximum Gasteiger partial charge on any atom is 0.168 e. The smallest absolute Gasteiger partial charge is 0.168 e. The van der Waals surface area contributed by atoms with Crippen LogP contribution in [0.4, 0.5) is 0 Å². The Labute approximate surface area is 111 Å². The van der Waals surface area contributed by atoms with Crippen LogP contribution in [-0.4, -0.2) is 54.2 Å². The first-order chi connectivity index (χ1) is 8.16. The van der Waals surface area contributed by atoms with Crippen molar-refractivity contribution < 1.29 is 0 Å². The van der Waals surface area contributed by atoms with Crippen LogP contribution in [0.15, 0.2) is 0 Å². The Bertz CT molecular complexity index is 263. The van der Waals surface area contributed by atoms with Gasteiger partial charge in [0.05, 0.1) is 0 Å². The Morgan fingerprint density at radius 1 is 1.29 bits per heavy atom. The standard InChI is InChI=1S/C13H25N3S/c1-15-9-5-8-12(15)10-16(2)13(17)14-11-6-3-4-7-11/h11-12H,3-10H2,1-2H3,(H,14,17). The quantitative estimate of drug-likeness (QED) is 0.775. The van der Waals surface area contributed by atoms with Gasteiger partial charge in [0.2, 0.25) is 0 Å². The second-order valence-electron chi connectivity index (χ2n) is 5.59. The number of nitrogens with one attached hydrogen (secondary N) is 1. The number of rotatable bonds is 3. The van der Waals surface area contributed by atoms with Crippen LogP contribution in [-0.2, 0) is 0 Å². The molecule has 1 saturated heterocycles. The fourth-order valence-electron chi connectivity index (χ4n) is 2.96. The Balaban J connectivity index is 1.74. The van der Waals surface area contributed by atoms with E-state index in [1.807, 2.05) is 0 Å². The molecule has 98 valence electrons. The van der Waals surface area contributed by atoms with Gasteiger partial charge in [-0.1, -0.05) is 12.8 Å². The lowest BCUT2D eigenvalue weighted by Gasteiger charge is -2.29. The maximum absolute atomic E-state index is 5.48. The topological polar surface area (TPSA) is 18.5 Å². The molecule has 1 unspecified atom stereocenters. The van der Waals surface area contributed by atoms with Gasteiger partial charge in [0.25, 0.3) is 0 Å². The Kier molecular flexibility index (Phi) is 4.62. The van der Waals surface area contributed by atoms with Crippen molar-refractivity contribution in [2.24, 2.45) is 0 Å². The second-order valence-corrected chi connectivity index (χ2v) is 5.97. The van der Waals surface area contributed by atoms with E-state index in [1.54, 1.807) is 0 Å². The molecule has 0 aromatic rings. The van der Waals surface area contributed by atoms with E-state index >= 15 is 0 Å². The van der Waals surface area contributed by atoms with Crippen LogP contribution in [0, 0.1) is 0 Å². The largest absolute Gasteiger partial charge is 0.360 e. The molecule has 1 heterocycles. The van der Waals surface area contributed by atoms with Crippen LogP contribution < -0.4 is 5.32 Å². The fraction of sp³-hybridized carbons (Fsp3) is 0.923. The molecule has 0 radical (unpaired) electrons. The summed E-state index contributed by atoms with van der Waals surface area (Å²) in [6.07, 6.45) is 7.93. The first kappa shape index (κ1) is 13.1. The molecule has 1 N–H and O–H groups in total. The number of likely N-dealkylation sites (N-methyl/N-ethyl adjacent to an activating group) is 2. The van der Waals surface area contributed by atoms with Gasteiger partial charge in [-0.25, -0.2) is 0 Å². The zero-order valence-electron chi connectivity index (χ0n) is 11.1. The van der Waals surface area contributed by atoms with Crippen LogP contribution in [0.5, 0.6) is 0 Å². The van der Waals surface area contributed by atoms with Crippen molar-refractivity contribution in [2.45, 2.75) is 50.6 Å². The number of thiocarbonyl (C=S) groups is 1. The Morgan fingerprint density at radius 3 is 2.59 bits per heavy atom.